The minimum Gasteiger partial charge on any atom is -0.308 e. The van der Waals surface area contributed by atoms with Crippen LogP contribution in [0.25, 0.3) is 0 Å². The highest BCUT2D eigenvalue weighted by atomic mass is 127. The lowest BCUT2D eigenvalue weighted by Crippen LogP contribution is -2.05. The fourth-order valence-electron chi connectivity index (χ4n) is 0.516. The Bertz CT molecular complexity index is 122. The van der Waals surface area contributed by atoms with Gasteiger partial charge in [0.1, 0.15) is 23.0 Å². The first kappa shape index (κ1) is 6.22. The molecule has 1 aliphatic rings. The second-order valence-corrected chi connectivity index (χ2v) is 2.04. The zero-order valence-electron chi connectivity index (χ0n) is 4.25. The van der Waals surface area contributed by atoms with E-state index < -0.39 is 0 Å². The summed E-state index contributed by atoms with van der Waals surface area (Å²) < 4.78 is 4.98. The maximum Gasteiger partial charge on any atom is 0.110 e. The van der Waals surface area contributed by atoms with Gasteiger partial charge in [-0.25, -0.2) is 0 Å². The van der Waals surface area contributed by atoms with Crippen LogP contribution in [0, 0.1) is 0 Å². The maximum atomic E-state index is 4.98. The third kappa shape index (κ3) is 1.56. The van der Waals surface area contributed by atoms with Crippen molar-refractivity contribution in [1.82, 2.24) is 0 Å². The van der Waals surface area contributed by atoms with Crippen molar-refractivity contribution in [3.8, 4) is 0 Å². The van der Waals surface area contributed by atoms with Crippen molar-refractivity contribution >= 4 is 29.2 Å². The normalized spacial score (nSPS) is 26.4. The van der Waals surface area contributed by atoms with Crippen molar-refractivity contribution in [1.29, 1.82) is 0 Å². The Morgan fingerprint density at radius 3 is 3.00 bits per heavy atom. The van der Waals surface area contributed by atoms with Gasteiger partial charge in [0.2, 0.25) is 0 Å². The predicted molar refractivity (Wildman–Crippen MR) is 41.1 cm³/mol. The van der Waals surface area contributed by atoms with Crippen LogP contribution >= 0.6 is 23.0 Å². The van der Waals surface area contributed by atoms with Crippen LogP contribution in [0.3, 0.4) is 0 Å². The van der Waals surface area contributed by atoms with Crippen LogP contribution in [0.15, 0.2) is 17.3 Å². The summed E-state index contributed by atoms with van der Waals surface area (Å²) in [6.45, 7) is 0. The summed E-state index contributed by atoms with van der Waals surface area (Å²) in [5.74, 6) is 0. The number of nitrogens with zero attached hydrogens (tertiary/aromatic N) is 1. The monoisotopic (exact) mass is 223 g/mol. The van der Waals surface area contributed by atoms with Crippen molar-refractivity contribution < 1.29 is 3.07 Å². The van der Waals surface area contributed by atoms with E-state index in [9.17, 15) is 0 Å². The van der Waals surface area contributed by atoms with Crippen molar-refractivity contribution in [3.63, 3.8) is 0 Å². The molecule has 0 bridgehead atoms. The van der Waals surface area contributed by atoms with Crippen molar-refractivity contribution in [2.45, 2.75) is 12.5 Å². The van der Waals surface area contributed by atoms with Gasteiger partial charge in [0, 0.05) is 18.8 Å². The van der Waals surface area contributed by atoms with Gasteiger partial charge in [-0.3, -0.25) is 4.99 Å². The Labute approximate surface area is 62.3 Å². The van der Waals surface area contributed by atoms with Crippen molar-refractivity contribution in [3.05, 3.63) is 12.3 Å². The molecule has 8 heavy (non-hydrogen) atoms. The van der Waals surface area contributed by atoms with E-state index in [1.165, 1.54) is 0 Å². The average Bonchev–Trinajstić information content (AvgIpc) is 1.90. The first-order valence-electron chi connectivity index (χ1n) is 2.39. The van der Waals surface area contributed by atoms with E-state index in [2.05, 4.69) is 4.99 Å². The van der Waals surface area contributed by atoms with Gasteiger partial charge in [-0.2, -0.15) is 0 Å². The molecule has 0 radical (unpaired) electrons. The van der Waals surface area contributed by atoms with E-state index in [1.807, 2.05) is 35.3 Å². The van der Waals surface area contributed by atoms with E-state index in [0.29, 0.717) is 0 Å². The van der Waals surface area contributed by atoms with Gasteiger partial charge in [-0.1, -0.05) is 0 Å². The number of rotatable bonds is 1. The highest BCUT2D eigenvalue weighted by Crippen LogP contribution is 2.06. The number of hydrogen-bond acceptors (Lipinski definition) is 2. The van der Waals surface area contributed by atoms with Crippen LogP contribution in [0.5, 0.6) is 0 Å². The Morgan fingerprint density at radius 1 is 1.75 bits per heavy atom. The SMILES string of the molecule is IOC1C=CN=CC1. The van der Waals surface area contributed by atoms with E-state index in [1.54, 1.807) is 6.20 Å². The molecule has 44 valence electrons. The minimum atomic E-state index is 0.244. The Balaban J connectivity index is 2.40. The summed E-state index contributed by atoms with van der Waals surface area (Å²) >= 11 is 1.89. The van der Waals surface area contributed by atoms with E-state index in [0.717, 1.165) is 6.42 Å². The summed E-state index contributed by atoms with van der Waals surface area (Å²) in [7, 11) is 0. The lowest BCUT2D eigenvalue weighted by Gasteiger charge is -2.05. The summed E-state index contributed by atoms with van der Waals surface area (Å²) in [6, 6.07) is 0. The maximum absolute atomic E-state index is 4.98. The minimum absolute atomic E-state index is 0.244. The Morgan fingerprint density at radius 2 is 2.62 bits per heavy atom. The third-order valence-electron chi connectivity index (χ3n) is 0.944. The first-order valence-corrected chi connectivity index (χ1v) is 3.27. The number of aliphatic imine (C=N–C) groups is 1. The van der Waals surface area contributed by atoms with Crippen LogP contribution < -0.4 is 0 Å². The number of hydrogen-bond donors (Lipinski definition) is 0. The van der Waals surface area contributed by atoms with Crippen LogP contribution in [0.4, 0.5) is 0 Å². The lowest BCUT2D eigenvalue weighted by atomic mass is 10.2. The highest BCUT2D eigenvalue weighted by Gasteiger charge is 2.02. The Hall–Kier alpha value is 0.1000. The summed E-state index contributed by atoms with van der Waals surface area (Å²) in [6.07, 6.45) is 6.69. The van der Waals surface area contributed by atoms with Gasteiger partial charge >= 0.3 is 0 Å². The fourth-order valence-corrected chi connectivity index (χ4v) is 0.893. The zero-order valence-corrected chi connectivity index (χ0v) is 6.41. The van der Waals surface area contributed by atoms with Crippen LogP contribution in [-0.4, -0.2) is 12.3 Å². The molecule has 0 saturated heterocycles. The standard InChI is InChI=1S/C5H6INO/c6-8-5-1-3-7-4-2-5/h1,3-5H,2H2. The molecule has 1 heterocycles. The smallest absolute Gasteiger partial charge is 0.110 e. The fraction of sp³-hybridized carbons (Fsp3) is 0.400. The topological polar surface area (TPSA) is 21.6 Å². The first-order chi connectivity index (χ1) is 3.93. The van der Waals surface area contributed by atoms with Gasteiger partial charge in [0.05, 0.1) is 6.10 Å². The van der Waals surface area contributed by atoms with E-state index in [-0.39, 0.29) is 6.10 Å². The Kier molecular flexibility index (Phi) is 2.48. The largest absolute Gasteiger partial charge is 0.308 e. The molecule has 0 spiro atoms. The molecular weight excluding hydrogens is 217 g/mol. The molecule has 1 aliphatic heterocycles. The molecule has 1 unspecified atom stereocenters. The zero-order chi connectivity index (χ0) is 5.82. The van der Waals surface area contributed by atoms with Crippen molar-refractivity contribution in [2.75, 3.05) is 0 Å². The molecule has 0 aliphatic carbocycles. The lowest BCUT2D eigenvalue weighted by molar-refractivity contribution is 0.353. The van der Waals surface area contributed by atoms with E-state index in [4.69, 9.17) is 3.07 Å². The molecular formula is C5H6INO. The van der Waals surface area contributed by atoms with Crippen LogP contribution in [-0.2, 0) is 3.07 Å². The van der Waals surface area contributed by atoms with Crippen molar-refractivity contribution in [2.24, 2.45) is 4.99 Å². The molecule has 0 aromatic carbocycles. The van der Waals surface area contributed by atoms with E-state index >= 15 is 0 Å². The second-order valence-electron chi connectivity index (χ2n) is 1.54. The average molecular weight is 223 g/mol. The van der Waals surface area contributed by atoms with Gasteiger partial charge in [-0.05, 0) is 6.08 Å². The molecule has 3 heteroatoms. The van der Waals surface area contributed by atoms with Crippen LogP contribution in [0.1, 0.15) is 6.42 Å². The van der Waals surface area contributed by atoms with Crippen LogP contribution in [0.2, 0.25) is 0 Å². The summed E-state index contributed by atoms with van der Waals surface area (Å²) in [4.78, 5) is 3.89. The van der Waals surface area contributed by atoms with Gasteiger partial charge in [-0.15, -0.1) is 0 Å². The molecule has 1 rings (SSSR count). The highest BCUT2D eigenvalue weighted by molar-refractivity contribution is 14.1. The summed E-state index contributed by atoms with van der Waals surface area (Å²) in [5, 5.41) is 0. The molecule has 2 nitrogen and oxygen atoms in total. The number of halogens is 1. The third-order valence-corrected chi connectivity index (χ3v) is 1.60. The van der Waals surface area contributed by atoms with Gasteiger partial charge in [0.25, 0.3) is 0 Å². The molecule has 0 aromatic heterocycles. The van der Waals surface area contributed by atoms with Gasteiger partial charge < -0.3 is 3.07 Å². The second kappa shape index (κ2) is 3.19. The molecule has 1 atom stereocenters. The molecule has 0 aromatic rings. The quantitative estimate of drug-likeness (QED) is 0.620. The molecule has 0 amide bonds. The molecule has 0 saturated carbocycles. The molecule has 0 N–H and O–H groups in total. The molecule has 0 fully saturated rings. The van der Waals surface area contributed by atoms with Gasteiger partial charge in [0.15, 0.2) is 0 Å². The summed E-state index contributed by atoms with van der Waals surface area (Å²) in [5.41, 5.74) is 0. The predicted octanol–water partition coefficient (Wildman–Crippen LogP) is 1.71.